The van der Waals surface area contributed by atoms with Gasteiger partial charge in [0.05, 0.1) is 35.4 Å². The lowest BCUT2D eigenvalue weighted by Crippen LogP contribution is -2.02. The molecule has 1 saturated heterocycles. The molecule has 1 aliphatic rings. The molecule has 0 amide bonds. The summed E-state index contributed by atoms with van der Waals surface area (Å²) in [7, 11) is 0. The summed E-state index contributed by atoms with van der Waals surface area (Å²) in [4.78, 5) is 0. The number of hydrogen-bond donors (Lipinski definition) is 0. The average molecular weight is 584 g/mol. The molecule has 3 rings (SSSR count). The van der Waals surface area contributed by atoms with Crippen molar-refractivity contribution in [3.8, 4) is 11.5 Å². The van der Waals surface area contributed by atoms with Crippen LogP contribution in [-0.4, -0.2) is 26.4 Å². The second-order valence-electron chi connectivity index (χ2n) is 8.45. The minimum absolute atomic E-state index is 0.207. The predicted molar refractivity (Wildman–Crippen MR) is 140 cm³/mol. The van der Waals surface area contributed by atoms with Crippen LogP contribution < -0.4 is 9.47 Å². The molecular weight excluding hydrogens is 548 g/mol. The van der Waals surface area contributed by atoms with Crippen molar-refractivity contribution < 1.29 is 18.9 Å². The van der Waals surface area contributed by atoms with Crippen molar-refractivity contribution in [2.24, 2.45) is 0 Å². The Kier molecular flexibility index (Phi) is 12.1. The molecule has 1 aliphatic heterocycles. The number of ether oxygens (including phenoxy) is 4. The lowest BCUT2D eigenvalue weighted by atomic mass is 10.1. The van der Waals surface area contributed by atoms with Crippen LogP contribution in [0.15, 0.2) is 45.3 Å². The molecule has 33 heavy (non-hydrogen) atoms. The second kappa shape index (κ2) is 15.0. The molecule has 0 radical (unpaired) electrons. The molecule has 0 bridgehead atoms. The highest BCUT2D eigenvalue weighted by Crippen LogP contribution is 2.36. The first-order valence-corrected chi connectivity index (χ1v) is 13.8. The van der Waals surface area contributed by atoms with Crippen molar-refractivity contribution in [1.29, 1.82) is 0 Å². The molecule has 0 spiro atoms. The molecular formula is C27H36Br2O4. The Bertz CT molecular complexity index is 837. The SMILES string of the molecule is CCCCCCCCOc1cc(Br)c(OCCCCc2cccc(C3OCCO3)c2)cc1Br. The van der Waals surface area contributed by atoms with Crippen LogP contribution in [0.4, 0.5) is 0 Å². The fourth-order valence-corrected chi connectivity index (χ4v) is 4.73. The monoisotopic (exact) mass is 582 g/mol. The Hall–Kier alpha value is -1.08. The number of unbranched alkanes of at least 4 members (excludes halogenated alkanes) is 6. The highest BCUT2D eigenvalue weighted by Gasteiger charge is 2.18. The third-order valence-corrected chi connectivity index (χ3v) is 6.94. The Morgan fingerprint density at radius 3 is 2.06 bits per heavy atom. The molecule has 4 nitrogen and oxygen atoms in total. The Morgan fingerprint density at radius 1 is 0.788 bits per heavy atom. The van der Waals surface area contributed by atoms with Gasteiger partial charge in [0, 0.05) is 5.56 Å². The van der Waals surface area contributed by atoms with E-state index >= 15 is 0 Å². The third-order valence-electron chi connectivity index (χ3n) is 5.70. The van der Waals surface area contributed by atoms with Crippen LogP contribution in [0, 0.1) is 0 Å². The smallest absolute Gasteiger partial charge is 0.184 e. The third kappa shape index (κ3) is 9.23. The Labute approximate surface area is 215 Å². The summed E-state index contributed by atoms with van der Waals surface area (Å²) in [6.45, 7) is 5.01. The van der Waals surface area contributed by atoms with Crippen molar-refractivity contribution in [3.05, 3.63) is 56.5 Å². The molecule has 1 heterocycles. The van der Waals surface area contributed by atoms with Gasteiger partial charge in [-0.25, -0.2) is 0 Å². The van der Waals surface area contributed by atoms with E-state index < -0.39 is 0 Å². The lowest BCUT2D eigenvalue weighted by molar-refractivity contribution is -0.0441. The van der Waals surface area contributed by atoms with Crippen molar-refractivity contribution in [2.75, 3.05) is 26.4 Å². The van der Waals surface area contributed by atoms with E-state index in [0.717, 1.165) is 58.3 Å². The number of halogens is 2. The zero-order valence-electron chi connectivity index (χ0n) is 19.6. The standard InChI is InChI=1S/C27H36Br2O4/c1-2-3-4-5-6-8-14-30-25-19-24(29)26(20-23(25)28)31-15-9-7-11-21-12-10-13-22(18-21)27-32-16-17-33-27/h10,12-13,18-20,27H,2-9,11,14-17H2,1H3. The van der Waals surface area contributed by atoms with E-state index in [1.54, 1.807) is 0 Å². The van der Waals surface area contributed by atoms with Gasteiger partial charge in [0.15, 0.2) is 6.29 Å². The summed E-state index contributed by atoms with van der Waals surface area (Å²) in [6.07, 6.45) is 10.4. The first kappa shape index (κ1) is 26.5. The van der Waals surface area contributed by atoms with E-state index in [4.69, 9.17) is 18.9 Å². The zero-order valence-corrected chi connectivity index (χ0v) is 22.8. The van der Waals surface area contributed by atoms with Crippen LogP contribution in [0.1, 0.15) is 75.7 Å². The van der Waals surface area contributed by atoms with Gasteiger partial charge in [-0.2, -0.15) is 0 Å². The molecule has 2 aromatic carbocycles. The molecule has 0 aromatic heterocycles. The Balaban J connectivity index is 1.35. The Morgan fingerprint density at radius 2 is 1.39 bits per heavy atom. The van der Waals surface area contributed by atoms with Crippen molar-refractivity contribution in [2.45, 2.75) is 71.0 Å². The fourth-order valence-electron chi connectivity index (χ4n) is 3.86. The number of benzene rings is 2. The lowest BCUT2D eigenvalue weighted by Gasteiger charge is -2.13. The van der Waals surface area contributed by atoms with Gasteiger partial charge in [0.25, 0.3) is 0 Å². The zero-order chi connectivity index (χ0) is 23.3. The van der Waals surface area contributed by atoms with E-state index in [1.807, 2.05) is 12.1 Å². The second-order valence-corrected chi connectivity index (χ2v) is 10.2. The van der Waals surface area contributed by atoms with Crippen LogP contribution in [0.3, 0.4) is 0 Å². The van der Waals surface area contributed by atoms with E-state index in [0.29, 0.717) is 19.8 Å². The van der Waals surface area contributed by atoms with Crippen molar-refractivity contribution >= 4 is 31.9 Å². The highest BCUT2D eigenvalue weighted by atomic mass is 79.9. The summed E-state index contributed by atoms with van der Waals surface area (Å²) >= 11 is 7.26. The molecule has 2 aromatic rings. The summed E-state index contributed by atoms with van der Waals surface area (Å²) in [6, 6.07) is 12.5. The number of rotatable bonds is 15. The molecule has 0 unspecified atom stereocenters. The first-order chi connectivity index (χ1) is 16.2. The van der Waals surface area contributed by atoms with E-state index in [1.165, 1.54) is 37.7 Å². The summed E-state index contributed by atoms with van der Waals surface area (Å²) in [5.41, 5.74) is 2.41. The average Bonchev–Trinajstić information content (AvgIpc) is 3.36. The van der Waals surface area contributed by atoms with Crippen LogP contribution in [-0.2, 0) is 15.9 Å². The van der Waals surface area contributed by atoms with Gasteiger partial charge in [0.2, 0.25) is 0 Å². The molecule has 0 atom stereocenters. The van der Waals surface area contributed by atoms with Gasteiger partial charge in [0.1, 0.15) is 11.5 Å². The molecule has 1 fully saturated rings. The normalized spacial score (nSPS) is 14.0. The number of hydrogen-bond acceptors (Lipinski definition) is 4. The summed E-state index contributed by atoms with van der Waals surface area (Å²) in [5.74, 6) is 1.70. The largest absolute Gasteiger partial charge is 0.492 e. The summed E-state index contributed by atoms with van der Waals surface area (Å²) < 4.78 is 25.0. The van der Waals surface area contributed by atoms with Crippen LogP contribution >= 0.6 is 31.9 Å². The quantitative estimate of drug-likeness (QED) is 0.197. The van der Waals surface area contributed by atoms with Gasteiger partial charge in [-0.1, -0.05) is 63.3 Å². The molecule has 182 valence electrons. The van der Waals surface area contributed by atoms with Crippen molar-refractivity contribution in [1.82, 2.24) is 0 Å². The number of aryl methyl sites for hydroxylation is 1. The van der Waals surface area contributed by atoms with Crippen LogP contribution in [0.5, 0.6) is 11.5 Å². The molecule has 0 aliphatic carbocycles. The van der Waals surface area contributed by atoms with Crippen LogP contribution in [0.25, 0.3) is 0 Å². The minimum atomic E-state index is -0.207. The van der Waals surface area contributed by atoms with Gasteiger partial charge >= 0.3 is 0 Å². The topological polar surface area (TPSA) is 36.9 Å². The maximum Gasteiger partial charge on any atom is 0.184 e. The van der Waals surface area contributed by atoms with E-state index in [9.17, 15) is 0 Å². The van der Waals surface area contributed by atoms with E-state index in [-0.39, 0.29) is 6.29 Å². The van der Waals surface area contributed by atoms with Gasteiger partial charge < -0.3 is 18.9 Å². The fraction of sp³-hybridized carbons (Fsp3) is 0.556. The van der Waals surface area contributed by atoms with Gasteiger partial charge in [-0.3, -0.25) is 0 Å². The van der Waals surface area contributed by atoms with E-state index in [2.05, 4.69) is 63.0 Å². The first-order valence-electron chi connectivity index (χ1n) is 12.2. The summed E-state index contributed by atoms with van der Waals surface area (Å²) in [5, 5.41) is 0. The maximum absolute atomic E-state index is 6.02. The van der Waals surface area contributed by atoms with Gasteiger partial charge in [-0.05, 0) is 75.2 Å². The highest BCUT2D eigenvalue weighted by molar-refractivity contribution is 9.11. The minimum Gasteiger partial charge on any atom is -0.492 e. The maximum atomic E-state index is 6.02. The van der Waals surface area contributed by atoms with Gasteiger partial charge in [-0.15, -0.1) is 0 Å². The van der Waals surface area contributed by atoms with Crippen molar-refractivity contribution in [3.63, 3.8) is 0 Å². The van der Waals surface area contributed by atoms with Crippen LogP contribution in [0.2, 0.25) is 0 Å². The molecule has 0 N–H and O–H groups in total. The molecule has 6 heteroatoms. The molecule has 0 saturated carbocycles. The predicted octanol–water partition coefficient (Wildman–Crippen LogP) is 8.40.